The summed E-state index contributed by atoms with van der Waals surface area (Å²) in [5.74, 6) is 1.00. The van der Waals surface area contributed by atoms with Gasteiger partial charge < -0.3 is 19.7 Å². The van der Waals surface area contributed by atoms with Gasteiger partial charge in [-0.05, 0) is 78.3 Å². The number of phenols is 1. The zero-order chi connectivity index (χ0) is 25.3. The zero-order valence-electron chi connectivity index (χ0n) is 21.3. The molecule has 0 aromatic heterocycles. The number of aromatic hydroxyl groups is 1. The quantitative estimate of drug-likeness (QED) is 0.378. The van der Waals surface area contributed by atoms with E-state index in [1.54, 1.807) is 19.3 Å². The lowest BCUT2D eigenvalue weighted by atomic mass is 9.74. The number of carboxylic acids is 1. The number of allylic oxidation sites excluding steroid dienone is 2. The maximum absolute atomic E-state index is 11.0. The predicted octanol–water partition coefficient (Wildman–Crippen LogP) is 6.29. The van der Waals surface area contributed by atoms with Crippen molar-refractivity contribution in [2.24, 2.45) is 5.92 Å². The van der Waals surface area contributed by atoms with Gasteiger partial charge in [0, 0.05) is 24.1 Å². The van der Waals surface area contributed by atoms with Crippen molar-refractivity contribution in [2.75, 3.05) is 7.11 Å². The Hall–Kier alpha value is -3.05. The van der Waals surface area contributed by atoms with Gasteiger partial charge in [0.15, 0.2) is 0 Å². The first-order valence-corrected chi connectivity index (χ1v) is 12.5. The molecule has 1 aliphatic heterocycles. The highest BCUT2D eigenvalue weighted by atomic mass is 16.5. The van der Waals surface area contributed by atoms with Gasteiger partial charge in [0.05, 0.1) is 19.3 Å². The van der Waals surface area contributed by atoms with Crippen molar-refractivity contribution in [3.63, 3.8) is 0 Å². The Labute approximate surface area is 208 Å². The molecule has 2 aromatic carbocycles. The number of hydrogen-bond donors (Lipinski definition) is 2. The molecule has 0 radical (unpaired) electrons. The molecule has 0 amide bonds. The van der Waals surface area contributed by atoms with Crippen LogP contribution in [0.25, 0.3) is 6.08 Å². The van der Waals surface area contributed by atoms with Crippen LogP contribution in [0, 0.1) is 12.8 Å². The number of ether oxygens (including phenoxy) is 2. The van der Waals surface area contributed by atoms with E-state index in [9.17, 15) is 9.90 Å². The molecule has 0 saturated heterocycles. The van der Waals surface area contributed by atoms with Crippen LogP contribution in [-0.2, 0) is 28.8 Å². The molecule has 0 spiro atoms. The van der Waals surface area contributed by atoms with E-state index in [0.29, 0.717) is 24.0 Å². The highest BCUT2D eigenvalue weighted by molar-refractivity contribution is 5.80. The molecule has 2 aliphatic rings. The molecule has 1 heterocycles. The maximum atomic E-state index is 11.0. The first kappa shape index (κ1) is 25.1. The van der Waals surface area contributed by atoms with Gasteiger partial charge in [0.1, 0.15) is 11.5 Å². The number of rotatable bonds is 6. The lowest BCUT2D eigenvalue weighted by Gasteiger charge is -2.35. The van der Waals surface area contributed by atoms with Crippen LogP contribution in [0.4, 0.5) is 0 Å². The predicted molar refractivity (Wildman–Crippen MR) is 138 cm³/mol. The van der Waals surface area contributed by atoms with Gasteiger partial charge in [0.25, 0.3) is 0 Å². The first-order valence-electron chi connectivity index (χ1n) is 12.5. The summed E-state index contributed by atoms with van der Waals surface area (Å²) in [7, 11) is 1.63. The normalized spacial score (nSPS) is 23.9. The summed E-state index contributed by atoms with van der Waals surface area (Å²) < 4.78 is 12.2. The van der Waals surface area contributed by atoms with Gasteiger partial charge in [-0.1, -0.05) is 44.2 Å². The number of carboxylic acid groups (broad SMARTS) is 1. The van der Waals surface area contributed by atoms with E-state index < -0.39 is 5.97 Å². The van der Waals surface area contributed by atoms with Crippen LogP contribution in [0.2, 0.25) is 0 Å². The second-order valence-corrected chi connectivity index (χ2v) is 10.2. The fraction of sp³-hybridized carbons (Fsp3) is 0.433. The fourth-order valence-electron chi connectivity index (χ4n) is 5.97. The van der Waals surface area contributed by atoms with Gasteiger partial charge in [0.2, 0.25) is 0 Å². The second kappa shape index (κ2) is 10.3. The van der Waals surface area contributed by atoms with Crippen molar-refractivity contribution < 1.29 is 24.5 Å². The van der Waals surface area contributed by atoms with E-state index in [2.05, 4.69) is 32.9 Å². The molecule has 2 N–H and O–H groups in total. The van der Waals surface area contributed by atoms with Crippen molar-refractivity contribution >= 4 is 12.0 Å². The highest BCUT2D eigenvalue weighted by Gasteiger charge is 2.32. The molecule has 0 fully saturated rings. The lowest BCUT2D eigenvalue weighted by Crippen LogP contribution is -2.27. The number of fused-ring (bicyclic) bond motifs is 2. The first-order chi connectivity index (χ1) is 16.7. The summed E-state index contributed by atoms with van der Waals surface area (Å²) >= 11 is 0. The second-order valence-electron chi connectivity index (χ2n) is 10.2. The minimum Gasteiger partial charge on any atom is -0.508 e. The van der Waals surface area contributed by atoms with Crippen LogP contribution >= 0.6 is 0 Å². The SMILES string of the molecule is COc1cc(O)c(C)c2c1C(Cc1ccc3c(c1C=CC=CC(=O)O)C(C)CC(C)C3)OC(C)C2. The van der Waals surface area contributed by atoms with Crippen molar-refractivity contribution in [3.05, 3.63) is 75.4 Å². The Bertz CT molecular complexity index is 1180. The third kappa shape index (κ3) is 5.15. The molecular weight excluding hydrogens is 440 g/mol. The minimum atomic E-state index is -0.959. The Morgan fingerprint density at radius 1 is 1.17 bits per heavy atom. The zero-order valence-corrected chi connectivity index (χ0v) is 21.3. The number of aliphatic carboxylic acids is 1. The van der Waals surface area contributed by atoms with Crippen molar-refractivity contribution in [1.82, 2.24) is 0 Å². The van der Waals surface area contributed by atoms with E-state index in [4.69, 9.17) is 14.6 Å². The average molecular weight is 477 g/mol. The van der Waals surface area contributed by atoms with E-state index in [1.165, 1.54) is 16.7 Å². The lowest BCUT2D eigenvalue weighted by molar-refractivity contribution is -0.131. The summed E-state index contributed by atoms with van der Waals surface area (Å²) in [5, 5.41) is 19.4. The molecule has 2 aromatic rings. The van der Waals surface area contributed by atoms with Crippen LogP contribution in [0.15, 0.2) is 36.4 Å². The molecule has 5 nitrogen and oxygen atoms in total. The van der Waals surface area contributed by atoms with Crippen LogP contribution < -0.4 is 4.74 Å². The monoisotopic (exact) mass is 476 g/mol. The summed E-state index contributed by atoms with van der Waals surface area (Å²) in [6.07, 6.45) is 9.99. The number of phenolic OH excluding ortho intramolecular Hbond substituents is 1. The van der Waals surface area contributed by atoms with Gasteiger partial charge >= 0.3 is 5.97 Å². The van der Waals surface area contributed by atoms with Crippen LogP contribution in [0.3, 0.4) is 0 Å². The molecule has 4 unspecified atom stereocenters. The Morgan fingerprint density at radius 3 is 2.66 bits per heavy atom. The molecule has 35 heavy (non-hydrogen) atoms. The van der Waals surface area contributed by atoms with E-state index in [-0.39, 0.29) is 18.0 Å². The smallest absolute Gasteiger partial charge is 0.328 e. The van der Waals surface area contributed by atoms with Crippen molar-refractivity contribution in [2.45, 2.75) is 71.5 Å². The Kier molecular flexibility index (Phi) is 7.36. The van der Waals surface area contributed by atoms with E-state index in [1.807, 2.05) is 19.1 Å². The largest absolute Gasteiger partial charge is 0.508 e. The van der Waals surface area contributed by atoms with E-state index >= 15 is 0 Å². The number of methoxy groups -OCH3 is 1. The molecule has 4 rings (SSSR count). The van der Waals surface area contributed by atoms with Gasteiger partial charge in [-0.2, -0.15) is 0 Å². The van der Waals surface area contributed by atoms with Gasteiger partial charge in [-0.3, -0.25) is 0 Å². The molecule has 1 aliphatic carbocycles. The molecule has 0 bridgehead atoms. The molecule has 0 saturated carbocycles. The topological polar surface area (TPSA) is 76.0 Å². The molecule has 4 atom stereocenters. The summed E-state index contributed by atoms with van der Waals surface area (Å²) in [4.78, 5) is 11.0. The summed E-state index contributed by atoms with van der Waals surface area (Å²) in [6, 6.07) is 6.15. The fourth-order valence-corrected chi connectivity index (χ4v) is 5.97. The number of hydrogen-bond acceptors (Lipinski definition) is 4. The molecule has 186 valence electrons. The third-order valence-electron chi connectivity index (χ3n) is 7.43. The molecule has 5 heteroatoms. The third-order valence-corrected chi connectivity index (χ3v) is 7.43. The minimum absolute atomic E-state index is 0.0209. The summed E-state index contributed by atoms with van der Waals surface area (Å²) in [6.45, 7) is 8.61. The average Bonchev–Trinajstić information content (AvgIpc) is 2.79. The maximum Gasteiger partial charge on any atom is 0.328 e. The van der Waals surface area contributed by atoms with Crippen molar-refractivity contribution in [1.29, 1.82) is 0 Å². The standard InChI is InChI=1S/C30H36O5/c1-17-12-18(2)29-22(13-17)11-10-21(23(29)8-6-7-9-28(32)33)15-27-30-24(14-19(3)35-27)20(4)25(31)16-26(30)34-5/h6-11,16-19,27,31H,12-15H2,1-5H3,(H,32,33). The van der Waals surface area contributed by atoms with Crippen LogP contribution in [0.5, 0.6) is 11.5 Å². The van der Waals surface area contributed by atoms with Crippen molar-refractivity contribution in [3.8, 4) is 11.5 Å². The van der Waals surface area contributed by atoms with E-state index in [0.717, 1.165) is 47.6 Å². The molecular formula is C30H36O5. The highest BCUT2D eigenvalue weighted by Crippen LogP contribution is 2.45. The Balaban J connectivity index is 1.81. The van der Waals surface area contributed by atoms with Gasteiger partial charge in [-0.15, -0.1) is 0 Å². The number of carbonyl (C=O) groups is 1. The van der Waals surface area contributed by atoms with Gasteiger partial charge in [-0.25, -0.2) is 4.79 Å². The number of benzene rings is 2. The Morgan fingerprint density at radius 2 is 1.94 bits per heavy atom. The van der Waals surface area contributed by atoms with Crippen LogP contribution in [-0.4, -0.2) is 29.4 Å². The summed E-state index contributed by atoms with van der Waals surface area (Å²) in [5.41, 5.74) is 8.07. The van der Waals surface area contributed by atoms with Crippen LogP contribution in [0.1, 0.15) is 78.2 Å².